The van der Waals surface area contributed by atoms with Crippen molar-refractivity contribution in [2.45, 2.75) is 19.9 Å². The van der Waals surface area contributed by atoms with Crippen molar-refractivity contribution < 1.29 is 4.79 Å². The highest BCUT2D eigenvalue weighted by atomic mass is 16.1. The maximum absolute atomic E-state index is 10.6. The minimum atomic E-state index is 0.00996. The fourth-order valence-corrected chi connectivity index (χ4v) is 1.42. The molecule has 0 aliphatic rings. The van der Waals surface area contributed by atoms with Crippen molar-refractivity contribution in [2.24, 2.45) is 5.73 Å². The summed E-state index contributed by atoms with van der Waals surface area (Å²) in [7, 11) is 0. The van der Waals surface area contributed by atoms with Crippen LogP contribution in [0.3, 0.4) is 0 Å². The van der Waals surface area contributed by atoms with Gasteiger partial charge in [-0.2, -0.15) is 0 Å². The lowest BCUT2D eigenvalue weighted by molar-refractivity contribution is -0.118. The van der Waals surface area contributed by atoms with Crippen molar-refractivity contribution in [1.82, 2.24) is 5.32 Å². The van der Waals surface area contributed by atoms with Gasteiger partial charge in [-0.1, -0.05) is 36.4 Å². The van der Waals surface area contributed by atoms with Crippen LogP contribution in [0.5, 0.6) is 0 Å². The summed E-state index contributed by atoms with van der Waals surface area (Å²) in [4.78, 5) is 10.6. The summed E-state index contributed by atoms with van der Waals surface area (Å²) in [6, 6.07) is 8.04. The Morgan fingerprint density at radius 3 is 2.88 bits per heavy atom. The smallest absolute Gasteiger partial charge is 0.216 e. The van der Waals surface area contributed by atoms with E-state index in [1.54, 1.807) is 0 Å². The lowest BCUT2D eigenvalue weighted by atomic mass is 10.1. The van der Waals surface area contributed by atoms with Crippen molar-refractivity contribution in [3.05, 3.63) is 41.5 Å². The van der Waals surface area contributed by atoms with Crippen molar-refractivity contribution in [1.29, 1.82) is 0 Å². The van der Waals surface area contributed by atoms with E-state index in [1.165, 1.54) is 6.92 Å². The van der Waals surface area contributed by atoms with E-state index in [-0.39, 0.29) is 5.91 Å². The van der Waals surface area contributed by atoms with Crippen molar-refractivity contribution in [2.75, 3.05) is 6.54 Å². The fourth-order valence-electron chi connectivity index (χ4n) is 1.42. The second-order valence-electron chi connectivity index (χ2n) is 3.58. The highest BCUT2D eigenvalue weighted by molar-refractivity contribution is 5.72. The first-order valence-corrected chi connectivity index (χ1v) is 5.43. The number of benzene rings is 1. The predicted octanol–water partition coefficient (Wildman–Crippen LogP) is 1.68. The molecular formula is C13H18N2O. The first-order chi connectivity index (χ1) is 7.74. The minimum Gasteiger partial charge on any atom is -0.356 e. The number of hydrogen-bond acceptors (Lipinski definition) is 2. The summed E-state index contributed by atoms with van der Waals surface area (Å²) in [5.74, 6) is 0.00996. The third kappa shape index (κ3) is 4.28. The molecule has 1 amide bonds. The number of hydrogen-bond donors (Lipinski definition) is 2. The molecule has 0 radical (unpaired) electrons. The van der Waals surface area contributed by atoms with Gasteiger partial charge in [-0.25, -0.2) is 0 Å². The summed E-state index contributed by atoms with van der Waals surface area (Å²) < 4.78 is 0. The van der Waals surface area contributed by atoms with Gasteiger partial charge in [-0.15, -0.1) is 0 Å². The van der Waals surface area contributed by atoms with Gasteiger partial charge in [0.25, 0.3) is 0 Å². The van der Waals surface area contributed by atoms with Gasteiger partial charge in [-0.3, -0.25) is 4.79 Å². The van der Waals surface area contributed by atoms with E-state index in [2.05, 4.69) is 5.32 Å². The minimum absolute atomic E-state index is 0.00996. The molecule has 0 aliphatic carbocycles. The normalized spacial score (nSPS) is 10.6. The molecule has 3 N–H and O–H groups in total. The monoisotopic (exact) mass is 218 g/mol. The third-order valence-electron chi connectivity index (χ3n) is 2.26. The number of carbonyl (C=O) groups is 1. The van der Waals surface area contributed by atoms with E-state index >= 15 is 0 Å². The Morgan fingerprint density at radius 1 is 1.44 bits per heavy atom. The van der Waals surface area contributed by atoms with Crippen molar-refractivity contribution >= 4 is 12.0 Å². The number of amides is 1. The van der Waals surface area contributed by atoms with Gasteiger partial charge >= 0.3 is 0 Å². The quantitative estimate of drug-likeness (QED) is 0.739. The zero-order valence-electron chi connectivity index (χ0n) is 9.57. The van der Waals surface area contributed by atoms with Gasteiger partial charge in [0.1, 0.15) is 0 Å². The first kappa shape index (κ1) is 12.5. The molecule has 3 nitrogen and oxygen atoms in total. The highest BCUT2D eigenvalue weighted by Gasteiger charge is 1.94. The fraction of sp³-hybridized carbons (Fsp3) is 0.308. The average Bonchev–Trinajstić information content (AvgIpc) is 2.29. The van der Waals surface area contributed by atoms with Crippen LogP contribution in [0, 0.1) is 0 Å². The lowest BCUT2D eigenvalue weighted by Gasteiger charge is -2.02. The number of nitrogens with two attached hydrogens (primary N) is 1. The zero-order chi connectivity index (χ0) is 11.8. The summed E-state index contributed by atoms with van der Waals surface area (Å²) in [5, 5.41) is 2.75. The molecule has 16 heavy (non-hydrogen) atoms. The van der Waals surface area contributed by atoms with Crippen molar-refractivity contribution in [3.63, 3.8) is 0 Å². The van der Waals surface area contributed by atoms with Gasteiger partial charge in [0.05, 0.1) is 0 Å². The molecule has 0 fully saturated rings. The standard InChI is InChI=1S/C13H18N2O/c1-11(16)15-9-5-4-7-12-6-2-3-8-13(12)10-14/h2-4,6-8H,5,9-10,14H2,1H3,(H,15,16). The summed E-state index contributed by atoms with van der Waals surface area (Å²) >= 11 is 0. The number of nitrogens with one attached hydrogen (secondary N) is 1. The molecule has 1 aromatic rings. The Hall–Kier alpha value is -1.61. The molecule has 1 rings (SSSR count). The SMILES string of the molecule is CC(=O)NCCC=Cc1ccccc1CN. The Kier molecular flexibility index (Phi) is 5.29. The topological polar surface area (TPSA) is 55.1 Å². The van der Waals surface area contributed by atoms with Crippen LogP contribution in [0.4, 0.5) is 0 Å². The summed E-state index contributed by atoms with van der Waals surface area (Å²) in [6.07, 6.45) is 4.92. The second-order valence-corrected chi connectivity index (χ2v) is 3.58. The van der Waals surface area contributed by atoms with Gasteiger partial charge in [-0.05, 0) is 17.5 Å². The van der Waals surface area contributed by atoms with Crippen LogP contribution in [-0.4, -0.2) is 12.5 Å². The first-order valence-electron chi connectivity index (χ1n) is 5.43. The van der Waals surface area contributed by atoms with Crippen LogP contribution in [0.15, 0.2) is 30.3 Å². The summed E-state index contributed by atoms with van der Waals surface area (Å²) in [6.45, 7) is 2.75. The molecule has 3 heteroatoms. The Balaban J connectivity index is 2.46. The van der Waals surface area contributed by atoms with E-state index in [1.807, 2.05) is 36.4 Å². The Bertz CT molecular complexity index is 372. The third-order valence-corrected chi connectivity index (χ3v) is 2.26. The van der Waals surface area contributed by atoms with E-state index in [4.69, 9.17) is 5.73 Å². The van der Waals surface area contributed by atoms with E-state index in [0.29, 0.717) is 13.1 Å². The molecular weight excluding hydrogens is 200 g/mol. The van der Waals surface area contributed by atoms with E-state index < -0.39 is 0 Å². The Labute approximate surface area is 96.3 Å². The van der Waals surface area contributed by atoms with Crippen LogP contribution >= 0.6 is 0 Å². The maximum atomic E-state index is 10.6. The lowest BCUT2D eigenvalue weighted by Crippen LogP contribution is -2.20. The van der Waals surface area contributed by atoms with E-state index in [9.17, 15) is 4.79 Å². The van der Waals surface area contributed by atoms with Gasteiger partial charge in [0.2, 0.25) is 5.91 Å². The number of rotatable bonds is 5. The molecule has 0 unspecified atom stereocenters. The summed E-state index contributed by atoms with van der Waals surface area (Å²) in [5.41, 5.74) is 7.91. The molecule has 0 saturated carbocycles. The largest absolute Gasteiger partial charge is 0.356 e. The molecule has 86 valence electrons. The molecule has 0 saturated heterocycles. The molecule has 1 aromatic carbocycles. The highest BCUT2D eigenvalue weighted by Crippen LogP contribution is 2.09. The van der Waals surface area contributed by atoms with Gasteiger partial charge in [0.15, 0.2) is 0 Å². The van der Waals surface area contributed by atoms with Crippen LogP contribution in [-0.2, 0) is 11.3 Å². The average molecular weight is 218 g/mol. The van der Waals surface area contributed by atoms with E-state index in [0.717, 1.165) is 17.5 Å². The maximum Gasteiger partial charge on any atom is 0.216 e. The molecule has 0 atom stereocenters. The number of carbonyl (C=O) groups excluding carboxylic acids is 1. The van der Waals surface area contributed by atoms with Crippen LogP contribution in [0.25, 0.3) is 6.08 Å². The van der Waals surface area contributed by atoms with Crippen molar-refractivity contribution in [3.8, 4) is 0 Å². The molecule has 0 heterocycles. The molecule has 0 bridgehead atoms. The van der Waals surface area contributed by atoms with Crippen LogP contribution in [0.1, 0.15) is 24.5 Å². The van der Waals surface area contributed by atoms with Crippen LogP contribution < -0.4 is 11.1 Å². The Morgan fingerprint density at radius 2 is 2.19 bits per heavy atom. The second kappa shape index (κ2) is 6.80. The molecule has 0 spiro atoms. The zero-order valence-corrected chi connectivity index (χ0v) is 9.57. The van der Waals surface area contributed by atoms with Crippen LogP contribution in [0.2, 0.25) is 0 Å². The van der Waals surface area contributed by atoms with Gasteiger partial charge in [0, 0.05) is 20.0 Å². The van der Waals surface area contributed by atoms with Gasteiger partial charge < -0.3 is 11.1 Å². The molecule has 0 aromatic heterocycles. The molecule has 0 aliphatic heterocycles. The predicted molar refractivity (Wildman–Crippen MR) is 66.7 cm³/mol.